The number of methoxy groups -OCH3 is 1. The molecule has 0 aromatic rings. The van der Waals surface area contributed by atoms with Gasteiger partial charge in [0.15, 0.2) is 24.4 Å². The van der Waals surface area contributed by atoms with Gasteiger partial charge in [0, 0.05) is 20.8 Å². The Hall–Kier alpha value is -2.16. The van der Waals surface area contributed by atoms with E-state index in [1.165, 1.54) is 0 Å². The van der Waals surface area contributed by atoms with Gasteiger partial charge in [-0.3, -0.25) is 14.4 Å². The van der Waals surface area contributed by atoms with Gasteiger partial charge in [0.1, 0.15) is 0 Å². The third-order valence-electron chi connectivity index (χ3n) is 2.78. The van der Waals surface area contributed by atoms with Gasteiger partial charge in [0.05, 0.1) is 13.7 Å². The summed E-state index contributed by atoms with van der Waals surface area (Å²) in [6.45, 7) is 3.21. The zero-order valence-electron chi connectivity index (χ0n) is 12.7. The Morgan fingerprint density at radius 1 is 0.864 bits per heavy atom. The minimum atomic E-state index is -1.29. The molecule has 0 aromatic heterocycles. The average Bonchev–Trinajstić information content (AvgIpc) is 2.40. The lowest BCUT2D eigenvalue weighted by atomic mass is 9.99. The highest BCUT2D eigenvalue weighted by Gasteiger charge is 2.50. The fraction of sp³-hybridized carbons (Fsp3) is 0.692. The normalized spacial score (nSPS) is 27.5. The van der Waals surface area contributed by atoms with E-state index >= 15 is 0 Å². The second kappa shape index (κ2) is 7.74. The average molecular weight is 318 g/mol. The van der Waals surface area contributed by atoms with Crippen molar-refractivity contribution in [1.29, 1.82) is 0 Å². The largest absolute Gasteiger partial charge is 0.467 e. The number of esters is 4. The lowest BCUT2D eigenvalue weighted by molar-refractivity contribution is -0.229. The van der Waals surface area contributed by atoms with Gasteiger partial charge >= 0.3 is 23.9 Å². The molecule has 1 unspecified atom stereocenters. The topological polar surface area (TPSA) is 114 Å². The van der Waals surface area contributed by atoms with Crippen LogP contribution < -0.4 is 0 Å². The van der Waals surface area contributed by atoms with Gasteiger partial charge in [-0.25, -0.2) is 4.79 Å². The Bertz CT molecular complexity index is 458. The van der Waals surface area contributed by atoms with Crippen molar-refractivity contribution >= 4 is 23.9 Å². The zero-order chi connectivity index (χ0) is 16.9. The highest BCUT2D eigenvalue weighted by Crippen LogP contribution is 2.25. The van der Waals surface area contributed by atoms with Crippen molar-refractivity contribution in [3.05, 3.63) is 0 Å². The van der Waals surface area contributed by atoms with E-state index in [0.717, 1.165) is 27.9 Å². The Morgan fingerprint density at radius 2 is 1.36 bits per heavy atom. The summed E-state index contributed by atoms with van der Waals surface area (Å²) in [7, 11) is 1.13. The first-order chi connectivity index (χ1) is 10.3. The SMILES string of the molecule is COC(=O)[C@H]1OC[C@H](OC(C)=O)C(OC(C)=O)[C@@H]1OC(C)=O. The van der Waals surface area contributed by atoms with Gasteiger partial charge in [0.2, 0.25) is 0 Å². The molecule has 9 nitrogen and oxygen atoms in total. The van der Waals surface area contributed by atoms with Crippen molar-refractivity contribution in [2.75, 3.05) is 13.7 Å². The molecular weight excluding hydrogens is 300 g/mol. The summed E-state index contributed by atoms with van der Waals surface area (Å²) in [6, 6.07) is 0. The summed E-state index contributed by atoms with van der Waals surface area (Å²) >= 11 is 0. The van der Waals surface area contributed by atoms with E-state index in [0.29, 0.717) is 0 Å². The van der Waals surface area contributed by atoms with Crippen LogP contribution in [-0.4, -0.2) is 62.0 Å². The lowest BCUT2D eigenvalue weighted by Crippen LogP contribution is -2.59. The van der Waals surface area contributed by atoms with Crippen LogP contribution in [0.1, 0.15) is 20.8 Å². The molecule has 0 N–H and O–H groups in total. The summed E-state index contributed by atoms with van der Waals surface area (Å²) < 4.78 is 24.9. The monoisotopic (exact) mass is 318 g/mol. The van der Waals surface area contributed by atoms with Crippen LogP contribution in [0.3, 0.4) is 0 Å². The summed E-state index contributed by atoms with van der Waals surface area (Å²) in [5.74, 6) is -2.85. The predicted octanol–water partition coefficient (Wildman–Crippen LogP) is -0.647. The molecular formula is C13H18O9. The van der Waals surface area contributed by atoms with Crippen molar-refractivity contribution in [2.45, 2.75) is 45.2 Å². The summed E-state index contributed by atoms with van der Waals surface area (Å²) in [5.41, 5.74) is 0. The molecule has 1 heterocycles. The van der Waals surface area contributed by atoms with Crippen molar-refractivity contribution in [2.24, 2.45) is 0 Å². The number of hydrogen-bond donors (Lipinski definition) is 0. The van der Waals surface area contributed by atoms with Gasteiger partial charge < -0.3 is 23.7 Å². The highest BCUT2D eigenvalue weighted by molar-refractivity contribution is 5.77. The molecule has 124 valence electrons. The van der Waals surface area contributed by atoms with Crippen LogP contribution in [-0.2, 0) is 42.9 Å². The maximum absolute atomic E-state index is 11.7. The zero-order valence-corrected chi connectivity index (χ0v) is 12.7. The van der Waals surface area contributed by atoms with Crippen molar-refractivity contribution in [1.82, 2.24) is 0 Å². The molecule has 1 aliphatic rings. The molecule has 0 spiro atoms. The number of carbonyl (C=O) groups excluding carboxylic acids is 4. The second-order valence-corrected chi connectivity index (χ2v) is 4.57. The second-order valence-electron chi connectivity index (χ2n) is 4.57. The number of hydrogen-bond acceptors (Lipinski definition) is 9. The minimum absolute atomic E-state index is 0.213. The molecule has 1 fully saturated rings. The van der Waals surface area contributed by atoms with Crippen LogP contribution in [0.25, 0.3) is 0 Å². The summed E-state index contributed by atoms with van der Waals surface area (Å²) in [4.78, 5) is 45.4. The summed E-state index contributed by atoms with van der Waals surface area (Å²) in [6.07, 6.45) is -4.76. The fourth-order valence-electron chi connectivity index (χ4n) is 2.06. The molecule has 0 aliphatic carbocycles. The van der Waals surface area contributed by atoms with Crippen LogP contribution in [0.5, 0.6) is 0 Å². The van der Waals surface area contributed by atoms with Gasteiger partial charge in [0.25, 0.3) is 0 Å². The molecule has 0 radical (unpaired) electrons. The Kier molecular flexibility index (Phi) is 6.29. The van der Waals surface area contributed by atoms with E-state index in [9.17, 15) is 19.2 Å². The van der Waals surface area contributed by atoms with Gasteiger partial charge in [-0.05, 0) is 0 Å². The highest BCUT2D eigenvalue weighted by atomic mass is 16.7. The summed E-state index contributed by atoms with van der Waals surface area (Å²) in [5, 5.41) is 0. The number of ether oxygens (including phenoxy) is 5. The van der Waals surface area contributed by atoms with Crippen LogP contribution in [0, 0.1) is 0 Å². The fourth-order valence-corrected chi connectivity index (χ4v) is 2.06. The van der Waals surface area contributed by atoms with Crippen LogP contribution in [0.4, 0.5) is 0 Å². The van der Waals surface area contributed by atoms with Crippen molar-refractivity contribution < 1.29 is 42.9 Å². The molecule has 1 saturated heterocycles. The van der Waals surface area contributed by atoms with Crippen LogP contribution >= 0.6 is 0 Å². The number of carbonyl (C=O) groups is 4. The smallest absolute Gasteiger partial charge is 0.339 e. The molecule has 1 rings (SSSR count). The molecule has 4 atom stereocenters. The maximum atomic E-state index is 11.7. The standard InChI is InChI=1S/C13H18O9/c1-6(14)20-9-5-19-12(13(17)18-4)11(22-8(3)16)10(9)21-7(2)15/h9-12H,5H2,1-4H3/t9-,10?,11-,12-/m0/s1. The van der Waals surface area contributed by atoms with E-state index in [1.807, 2.05) is 0 Å². The van der Waals surface area contributed by atoms with E-state index in [-0.39, 0.29) is 6.61 Å². The first kappa shape index (κ1) is 17.9. The lowest BCUT2D eigenvalue weighted by Gasteiger charge is -2.39. The number of rotatable bonds is 4. The Balaban J connectivity index is 3.09. The van der Waals surface area contributed by atoms with Gasteiger partial charge in [-0.1, -0.05) is 0 Å². The third kappa shape index (κ3) is 4.69. The van der Waals surface area contributed by atoms with Gasteiger partial charge in [-0.2, -0.15) is 0 Å². The van der Waals surface area contributed by atoms with E-state index in [1.54, 1.807) is 0 Å². The van der Waals surface area contributed by atoms with Crippen LogP contribution in [0.15, 0.2) is 0 Å². The first-order valence-electron chi connectivity index (χ1n) is 6.47. The molecule has 1 aliphatic heterocycles. The first-order valence-corrected chi connectivity index (χ1v) is 6.47. The quantitative estimate of drug-likeness (QED) is 0.492. The molecule has 0 saturated carbocycles. The van der Waals surface area contributed by atoms with E-state index < -0.39 is 48.3 Å². The van der Waals surface area contributed by atoms with E-state index in [4.69, 9.17) is 18.9 Å². The van der Waals surface area contributed by atoms with Crippen molar-refractivity contribution in [3.63, 3.8) is 0 Å². The molecule has 0 aromatic carbocycles. The Labute approximate surface area is 126 Å². The van der Waals surface area contributed by atoms with E-state index in [2.05, 4.69) is 4.74 Å². The third-order valence-corrected chi connectivity index (χ3v) is 2.78. The molecule has 0 bridgehead atoms. The molecule has 0 amide bonds. The molecule has 22 heavy (non-hydrogen) atoms. The molecule has 9 heteroatoms. The minimum Gasteiger partial charge on any atom is -0.467 e. The maximum Gasteiger partial charge on any atom is 0.339 e. The predicted molar refractivity (Wildman–Crippen MR) is 68.4 cm³/mol. The Morgan fingerprint density at radius 3 is 1.82 bits per heavy atom. The van der Waals surface area contributed by atoms with Gasteiger partial charge in [-0.15, -0.1) is 0 Å². The van der Waals surface area contributed by atoms with Crippen molar-refractivity contribution in [3.8, 4) is 0 Å². The van der Waals surface area contributed by atoms with Crippen LogP contribution in [0.2, 0.25) is 0 Å².